The predicted molar refractivity (Wildman–Crippen MR) is 61.0 cm³/mol. The maximum Gasteiger partial charge on any atom is 0.322 e. The normalized spacial score (nSPS) is 13.2. The molecule has 0 saturated carbocycles. The molecular weight excluding hydrogens is 218 g/mol. The summed E-state index contributed by atoms with van der Waals surface area (Å²) in [6.45, 7) is 0.303. The van der Waals surface area contributed by atoms with E-state index in [0.717, 1.165) is 16.8 Å². The first kappa shape index (κ1) is 11.1. The van der Waals surface area contributed by atoms with E-state index in [1.807, 2.05) is 18.2 Å². The number of rotatable bonds is 2. The summed E-state index contributed by atoms with van der Waals surface area (Å²) in [4.78, 5) is 23.9. The van der Waals surface area contributed by atoms with Crippen molar-refractivity contribution >= 4 is 17.5 Å². The van der Waals surface area contributed by atoms with E-state index in [2.05, 4.69) is 5.32 Å². The smallest absolute Gasteiger partial charge is 0.322 e. The molecule has 0 unspecified atom stereocenters. The number of carbonyl (C=O) groups excluding carboxylic acids is 2. The van der Waals surface area contributed by atoms with Crippen molar-refractivity contribution in [1.82, 2.24) is 5.32 Å². The summed E-state index contributed by atoms with van der Waals surface area (Å²) in [7, 11) is 1.74. The summed E-state index contributed by atoms with van der Waals surface area (Å²) in [6.07, 6.45) is 0.395. The molecule has 0 spiro atoms. The lowest BCUT2D eigenvalue weighted by Crippen LogP contribution is -2.21. The number of fused-ring (bicyclic) bond motifs is 1. The molecule has 5 nitrogen and oxygen atoms in total. The highest BCUT2D eigenvalue weighted by molar-refractivity contribution is 6.00. The maximum absolute atomic E-state index is 11.5. The average molecular weight is 229 g/mol. The Morgan fingerprint density at radius 1 is 1.59 bits per heavy atom. The van der Waals surface area contributed by atoms with Gasteiger partial charge in [0.25, 0.3) is 0 Å². The van der Waals surface area contributed by atoms with Crippen LogP contribution in [0.2, 0.25) is 0 Å². The number of likely N-dealkylation sites (N-methyl/N-ethyl adjacent to an activating group) is 1. The first-order valence-corrected chi connectivity index (χ1v) is 5.18. The highest BCUT2D eigenvalue weighted by Crippen LogP contribution is 2.28. The standard InChI is InChI=1S/C12H11N3O2/c1-15-10-3-2-8(7-14-11(16)6-13)4-9(10)5-12(15)17/h2-4H,5,7H2,1H3,(H,14,16). The molecular formula is C12H11N3O2. The van der Waals surface area contributed by atoms with Gasteiger partial charge in [0.15, 0.2) is 6.07 Å². The monoisotopic (exact) mass is 229 g/mol. The highest BCUT2D eigenvalue weighted by atomic mass is 16.2. The molecule has 1 heterocycles. The van der Waals surface area contributed by atoms with E-state index in [0.29, 0.717) is 13.0 Å². The third-order valence-corrected chi connectivity index (χ3v) is 2.78. The molecule has 1 N–H and O–H groups in total. The van der Waals surface area contributed by atoms with Crippen molar-refractivity contribution in [2.75, 3.05) is 11.9 Å². The summed E-state index contributed by atoms with van der Waals surface area (Å²) < 4.78 is 0. The van der Waals surface area contributed by atoms with Gasteiger partial charge in [0, 0.05) is 19.3 Å². The van der Waals surface area contributed by atoms with Gasteiger partial charge in [-0.15, -0.1) is 0 Å². The van der Waals surface area contributed by atoms with Gasteiger partial charge in [0.2, 0.25) is 5.91 Å². The van der Waals surface area contributed by atoms with Crippen molar-refractivity contribution in [3.8, 4) is 6.07 Å². The zero-order chi connectivity index (χ0) is 12.4. The number of carbonyl (C=O) groups is 2. The van der Waals surface area contributed by atoms with Crippen molar-refractivity contribution in [3.05, 3.63) is 29.3 Å². The number of nitrogens with zero attached hydrogens (tertiary/aromatic N) is 2. The lowest BCUT2D eigenvalue weighted by Gasteiger charge is -2.10. The minimum Gasteiger partial charge on any atom is -0.339 e. The van der Waals surface area contributed by atoms with Gasteiger partial charge in [-0.3, -0.25) is 9.59 Å². The first-order valence-electron chi connectivity index (χ1n) is 5.18. The average Bonchev–Trinajstić information content (AvgIpc) is 2.62. The molecule has 1 aliphatic rings. The fourth-order valence-corrected chi connectivity index (χ4v) is 1.86. The van der Waals surface area contributed by atoms with Crippen LogP contribution in [-0.2, 0) is 22.6 Å². The Morgan fingerprint density at radius 3 is 3.06 bits per heavy atom. The van der Waals surface area contributed by atoms with Crippen molar-refractivity contribution in [2.45, 2.75) is 13.0 Å². The SMILES string of the molecule is CN1C(=O)Cc2cc(CNC(=O)C#N)ccc21. The van der Waals surface area contributed by atoms with Crippen molar-refractivity contribution in [3.63, 3.8) is 0 Å². The molecule has 0 fully saturated rings. The number of benzene rings is 1. The highest BCUT2D eigenvalue weighted by Gasteiger charge is 2.23. The van der Waals surface area contributed by atoms with Crippen LogP contribution in [0.1, 0.15) is 11.1 Å². The molecule has 1 aliphatic heterocycles. The number of nitriles is 1. The molecule has 0 saturated heterocycles. The Hall–Kier alpha value is -2.35. The maximum atomic E-state index is 11.5. The fraction of sp³-hybridized carbons (Fsp3) is 0.250. The molecule has 2 amide bonds. The van der Waals surface area contributed by atoms with Crippen molar-refractivity contribution in [2.24, 2.45) is 0 Å². The zero-order valence-corrected chi connectivity index (χ0v) is 9.36. The Bertz CT molecular complexity index is 531. The van der Waals surface area contributed by atoms with E-state index < -0.39 is 5.91 Å². The van der Waals surface area contributed by atoms with E-state index in [-0.39, 0.29) is 5.91 Å². The van der Waals surface area contributed by atoms with Gasteiger partial charge in [-0.1, -0.05) is 12.1 Å². The summed E-state index contributed by atoms with van der Waals surface area (Å²) in [6, 6.07) is 7.07. The molecule has 86 valence electrons. The molecule has 5 heteroatoms. The Morgan fingerprint density at radius 2 is 2.35 bits per heavy atom. The zero-order valence-electron chi connectivity index (χ0n) is 9.36. The van der Waals surface area contributed by atoms with E-state index in [4.69, 9.17) is 5.26 Å². The molecule has 0 aromatic heterocycles. The van der Waals surface area contributed by atoms with Crippen molar-refractivity contribution in [1.29, 1.82) is 5.26 Å². The number of amides is 2. The Labute approximate surface area is 98.6 Å². The second-order valence-corrected chi connectivity index (χ2v) is 3.89. The molecule has 0 radical (unpaired) electrons. The number of hydrogen-bond acceptors (Lipinski definition) is 3. The van der Waals surface area contributed by atoms with Crippen molar-refractivity contribution < 1.29 is 9.59 Å². The quantitative estimate of drug-likeness (QED) is 0.743. The van der Waals surface area contributed by atoms with Gasteiger partial charge in [-0.25, -0.2) is 0 Å². The molecule has 2 rings (SSSR count). The molecule has 17 heavy (non-hydrogen) atoms. The van der Waals surface area contributed by atoms with E-state index in [1.165, 1.54) is 6.07 Å². The van der Waals surface area contributed by atoms with Crippen LogP contribution in [0.5, 0.6) is 0 Å². The van der Waals surface area contributed by atoms with Crippen LogP contribution >= 0.6 is 0 Å². The first-order chi connectivity index (χ1) is 8.11. The Balaban J connectivity index is 2.14. The van der Waals surface area contributed by atoms with Gasteiger partial charge in [-0.05, 0) is 17.2 Å². The van der Waals surface area contributed by atoms with Crippen LogP contribution < -0.4 is 10.2 Å². The summed E-state index contributed by atoms with van der Waals surface area (Å²) in [5, 5.41) is 10.8. The second-order valence-electron chi connectivity index (χ2n) is 3.89. The van der Waals surface area contributed by atoms with Gasteiger partial charge in [0.05, 0.1) is 6.42 Å². The van der Waals surface area contributed by atoms with Crippen LogP contribution in [0, 0.1) is 11.3 Å². The van der Waals surface area contributed by atoms with E-state index >= 15 is 0 Å². The van der Waals surface area contributed by atoms with E-state index in [1.54, 1.807) is 11.9 Å². The molecule has 0 bridgehead atoms. The number of nitrogens with one attached hydrogen (secondary N) is 1. The van der Waals surface area contributed by atoms with Gasteiger partial charge < -0.3 is 10.2 Å². The predicted octanol–water partition coefficient (Wildman–Crippen LogP) is 0.345. The van der Waals surface area contributed by atoms with Crippen LogP contribution in [0.4, 0.5) is 5.69 Å². The Kier molecular flexibility index (Phi) is 2.79. The second kappa shape index (κ2) is 4.26. The summed E-state index contributed by atoms with van der Waals surface area (Å²) in [5.41, 5.74) is 2.75. The van der Waals surface area contributed by atoms with Crippen LogP contribution in [0.15, 0.2) is 18.2 Å². The van der Waals surface area contributed by atoms with Crippen LogP contribution in [0.25, 0.3) is 0 Å². The minimum atomic E-state index is -0.654. The lowest BCUT2D eigenvalue weighted by molar-refractivity contribution is -0.117. The van der Waals surface area contributed by atoms with Crippen LogP contribution in [0.3, 0.4) is 0 Å². The molecule has 1 aromatic rings. The minimum absolute atomic E-state index is 0.0678. The molecule has 0 atom stereocenters. The largest absolute Gasteiger partial charge is 0.339 e. The van der Waals surface area contributed by atoms with Crippen LogP contribution in [-0.4, -0.2) is 18.9 Å². The number of anilines is 1. The summed E-state index contributed by atoms with van der Waals surface area (Å²) >= 11 is 0. The third-order valence-electron chi connectivity index (χ3n) is 2.78. The van der Waals surface area contributed by atoms with Gasteiger partial charge >= 0.3 is 5.91 Å². The molecule has 1 aromatic carbocycles. The molecule has 0 aliphatic carbocycles. The summed E-state index contributed by atoms with van der Waals surface area (Å²) in [5.74, 6) is -0.586. The van der Waals surface area contributed by atoms with Gasteiger partial charge in [-0.2, -0.15) is 5.26 Å². The lowest BCUT2D eigenvalue weighted by atomic mass is 10.1. The van der Waals surface area contributed by atoms with Gasteiger partial charge in [0.1, 0.15) is 0 Å². The number of hydrogen-bond donors (Lipinski definition) is 1. The fourth-order valence-electron chi connectivity index (χ4n) is 1.86. The topological polar surface area (TPSA) is 73.2 Å². The third kappa shape index (κ3) is 2.11. The van der Waals surface area contributed by atoms with E-state index in [9.17, 15) is 9.59 Å².